The molecule has 4 heterocycles. The summed E-state index contributed by atoms with van der Waals surface area (Å²) in [4.78, 5) is 6.63. The van der Waals surface area contributed by atoms with Crippen LogP contribution in [0.5, 0.6) is 0 Å². The molecule has 4 saturated heterocycles. The second-order valence-corrected chi connectivity index (χ2v) is 56.1. The fraction of sp³-hybridized carbons (Fsp3) is 0.942. The Kier molecular flexibility index (Phi) is 45.6. The van der Waals surface area contributed by atoms with E-state index in [4.69, 9.17) is 74.1 Å². The van der Waals surface area contributed by atoms with E-state index >= 15 is 0 Å². The Morgan fingerprint density at radius 3 is 1.09 bits per heavy atom. The maximum atomic E-state index is 9.26. The molecule has 4 aliphatic heterocycles. The molecule has 26 heteroatoms. The molecule has 0 amide bonds. The first kappa shape index (κ1) is 98.9. The molecule has 95 heavy (non-hydrogen) atoms. The van der Waals surface area contributed by atoms with Crippen molar-refractivity contribution in [2.24, 2.45) is 23.5 Å². The highest BCUT2D eigenvalue weighted by Gasteiger charge is 2.51. The summed E-state index contributed by atoms with van der Waals surface area (Å²) in [6, 6.07) is 0.350. The molecule has 0 aliphatic carbocycles. The van der Waals surface area contributed by atoms with Crippen molar-refractivity contribution in [2.75, 3.05) is 79.1 Å². The van der Waals surface area contributed by atoms with Crippen LogP contribution in [0, 0.1) is 30.9 Å². The van der Waals surface area contributed by atoms with Gasteiger partial charge in [-0.3, -0.25) is 0 Å². The number of hydrogen-bond donors (Lipinski definition) is 3. The Balaban J connectivity index is -0.00000118. The van der Waals surface area contributed by atoms with Crippen molar-refractivity contribution in [1.82, 2.24) is 4.67 Å². The van der Waals surface area contributed by atoms with Gasteiger partial charge in [0.1, 0.15) is 13.2 Å². The maximum absolute atomic E-state index is 9.26. The lowest BCUT2D eigenvalue weighted by Crippen LogP contribution is -2.51. The monoisotopic (exact) mass is 1480 g/mol. The molecule has 4 rings (SSSR count). The molecular weight excluding hydrogens is 1330 g/mol. The first-order valence-corrected chi connectivity index (χ1v) is 50.6. The number of hydrogen-bond acceptors (Lipinski definition) is 16. The van der Waals surface area contributed by atoms with E-state index in [2.05, 4.69) is 250 Å². The average molecular weight is 1480 g/mol. The van der Waals surface area contributed by atoms with Gasteiger partial charge < -0.3 is 86.3 Å². The average Bonchev–Trinajstić information content (AvgIpc) is 1.75. The number of halogens is 1. The predicted molar refractivity (Wildman–Crippen MR) is 410 cm³/mol. The van der Waals surface area contributed by atoms with Gasteiger partial charge in [0.15, 0.2) is 39.9 Å². The van der Waals surface area contributed by atoms with Crippen molar-refractivity contribution in [2.45, 2.75) is 323 Å². The summed E-state index contributed by atoms with van der Waals surface area (Å²) in [7, 11) is -8.18. The molecule has 0 aromatic carbocycles. The van der Waals surface area contributed by atoms with Crippen LogP contribution in [0.2, 0.25) is 72.5 Å². The van der Waals surface area contributed by atoms with E-state index in [0.717, 1.165) is 0 Å². The summed E-state index contributed by atoms with van der Waals surface area (Å²) in [6.45, 7) is 94.6. The summed E-state index contributed by atoms with van der Waals surface area (Å²) in [5.74, 6) is 1.01. The summed E-state index contributed by atoms with van der Waals surface area (Å²) < 4.78 is 75.1. The summed E-state index contributed by atoms with van der Waals surface area (Å²) in [5.41, 5.74) is 6.09. The topological polar surface area (TPSA) is 221 Å². The van der Waals surface area contributed by atoms with Crippen molar-refractivity contribution in [3.63, 3.8) is 0 Å². The molecule has 4 aliphatic rings. The molecule has 19 nitrogen and oxygen atoms in total. The summed E-state index contributed by atoms with van der Waals surface area (Å²) in [6.07, 6.45) is 1.34. The van der Waals surface area contributed by atoms with Crippen molar-refractivity contribution >= 4 is 61.3 Å². The molecule has 0 aromatic rings. The van der Waals surface area contributed by atoms with E-state index in [0.29, 0.717) is 59.5 Å². The highest BCUT2D eigenvalue weighted by atomic mass is 35.5. The van der Waals surface area contributed by atoms with Crippen LogP contribution in [0.1, 0.15) is 159 Å². The standard InChI is InChI=1S/C22H45N2O4PSi.C18H33NO4Si.C13H28O3Si.C12H27NO3Si.C3H9P.CH3Cl.H2O/c1-16(2)24(17(3)4)29(25-14-13-23-10)26-15-20-18(5)21(19(6)27-20)28-30(11,12)22(7,8)9;1-13-16(12-21-15(3)20-11-10-19-7)22-14(2)17(13)23-24(8,9)18(4,5)6;1-9-11(8-14)15-10(2)12(9)16-17(6,7)13(3,4)5;1-8-11(10(13)9(7-14)15-8)16-17(5,6)12(2,3)4;1-4(2)3;1-2;/h16-21H,13-15H2,1-9,11-12H3;13-14,16-17H,3,10-12H2,1-2,4-6,8-9H3;9-12,14H,8H2,1-7H3;8-11,14H,7,13H2,1-6H3;1-3H3;1H3;1H2/t18-,19-,20+,21?,29?;13-,14-,16+,17?;9-,10-,11+,12?;8-,9+,10-,11?;;;/m0000.../s1. The minimum Gasteiger partial charge on any atom is -0.463 e. The van der Waals surface area contributed by atoms with E-state index in [-0.39, 0.29) is 142 Å². The Labute approximate surface area is 594 Å². The summed E-state index contributed by atoms with van der Waals surface area (Å²) >= 11 is 4.64. The van der Waals surface area contributed by atoms with Crippen molar-refractivity contribution in [3.05, 3.63) is 35.4 Å². The van der Waals surface area contributed by atoms with Gasteiger partial charge in [0.05, 0.1) is 99.1 Å². The molecule has 0 radical (unpaired) electrons. The second-order valence-electron chi connectivity index (χ2n) is 33.0. The van der Waals surface area contributed by atoms with Crippen LogP contribution < -0.4 is 5.73 Å². The van der Waals surface area contributed by atoms with Crippen LogP contribution in [-0.4, -0.2) is 224 Å². The zero-order chi connectivity index (χ0) is 74.3. The van der Waals surface area contributed by atoms with Crippen molar-refractivity contribution in [1.29, 1.82) is 0 Å². The molecule has 5 unspecified atom stereocenters. The highest BCUT2D eigenvalue weighted by molar-refractivity contribution is 7.55. The van der Waals surface area contributed by atoms with E-state index < -0.39 is 41.8 Å². The first-order chi connectivity index (χ1) is 42.6. The number of nitrogens with zero attached hydrogens (tertiary/aromatic N) is 3. The van der Waals surface area contributed by atoms with Crippen LogP contribution in [0.25, 0.3) is 9.69 Å². The Bertz CT molecular complexity index is 2130. The molecule has 0 bridgehead atoms. The Morgan fingerprint density at radius 2 is 0.800 bits per heavy atom. The van der Waals surface area contributed by atoms with Crippen LogP contribution in [-0.2, 0) is 55.2 Å². The quantitative estimate of drug-likeness (QED) is 0.0193. The number of aliphatic hydroxyl groups is 2. The molecule has 6 N–H and O–H groups in total. The minimum absolute atomic E-state index is 0. The van der Waals surface area contributed by atoms with Gasteiger partial charge in [0.2, 0.25) is 13.1 Å². The molecule has 17 atom stereocenters. The van der Waals surface area contributed by atoms with E-state index in [1.807, 2.05) is 13.8 Å². The van der Waals surface area contributed by atoms with Crippen LogP contribution in [0.4, 0.5) is 0 Å². The third kappa shape index (κ3) is 32.5. The fourth-order valence-electron chi connectivity index (χ4n) is 9.79. The fourth-order valence-corrected chi connectivity index (χ4v) is 17.1. The van der Waals surface area contributed by atoms with Crippen molar-refractivity contribution in [3.8, 4) is 0 Å². The lowest BCUT2D eigenvalue weighted by molar-refractivity contribution is -0.0386. The molecular formula is C69H147ClN4O15P2Si4. The van der Waals surface area contributed by atoms with Gasteiger partial charge in [-0.05, 0) is 154 Å². The van der Waals surface area contributed by atoms with Crippen LogP contribution in [0.15, 0.2) is 12.5 Å². The molecule has 0 spiro atoms. The van der Waals surface area contributed by atoms with E-state index in [1.54, 1.807) is 0 Å². The largest absolute Gasteiger partial charge is 0.463 e. The van der Waals surface area contributed by atoms with E-state index in [9.17, 15) is 10.2 Å². The van der Waals surface area contributed by atoms with Crippen LogP contribution in [0.3, 0.4) is 0 Å². The maximum Gasteiger partial charge on any atom is 0.271 e. The Morgan fingerprint density at radius 1 is 0.516 bits per heavy atom. The molecule has 0 aromatic heterocycles. The van der Waals surface area contributed by atoms with Gasteiger partial charge in [-0.1, -0.05) is 104 Å². The van der Waals surface area contributed by atoms with Gasteiger partial charge in [0, 0.05) is 36.2 Å². The lowest BCUT2D eigenvalue weighted by Gasteiger charge is -2.40. The minimum atomic E-state index is -1.88. The molecule has 0 saturated carbocycles. The zero-order valence-corrected chi connectivity index (χ0v) is 73.3. The molecule has 4 fully saturated rings. The van der Waals surface area contributed by atoms with Gasteiger partial charge in [-0.2, -0.15) is 0 Å². The van der Waals surface area contributed by atoms with Gasteiger partial charge in [0.25, 0.3) is 14.5 Å². The van der Waals surface area contributed by atoms with Gasteiger partial charge >= 0.3 is 0 Å². The third-order valence-corrected chi connectivity index (χ3v) is 39.7. The van der Waals surface area contributed by atoms with E-state index in [1.165, 1.54) is 6.38 Å². The van der Waals surface area contributed by atoms with Crippen LogP contribution >= 0.6 is 28.0 Å². The number of alkyl halides is 1. The zero-order valence-electron chi connectivity index (χ0n) is 66.7. The number of ether oxygens (including phenoxy) is 6. The lowest BCUT2D eigenvalue weighted by atomic mass is 9.99. The Hall–Kier alpha value is -0.262. The second kappa shape index (κ2) is 43.8. The highest BCUT2D eigenvalue weighted by Crippen LogP contribution is 2.49. The predicted octanol–water partition coefficient (Wildman–Crippen LogP) is 16.0. The van der Waals surface area contributed by atoms with Crippen molar-refractivity contribution < 1.29 is 70.9 Å². The third-order valence-electron chi connectivity index (χ3n) is 19.7. The van der Waals surface area contributed by atoms with Gasteiger partial charge in [-0.25, -0.2) is 17.8 Å². The molecule has 566 valence electrons. The first-order valence-electron chi connectivity index (χ1n) is 34.4. The smallest absolute Gasteiger partial charge is 0.271 e. The number of aliphatic hydroxyl groups excluding tert-OH is 2. The number of nitrogens with two attached hydrogens (primary N) is 1. The summed E-state index contributed by atoms with van der Waals surface area (Å²) in [5, 5.41) is 19.2. The number of rotatable bonds is 25. The normalized spacial score (nSPS) is 28.4. The van der Waals surface area contributed by atoms with Gasteiger partial charge in [-0.15, -0.1) is 19.5 Å². The SMILES string of the molecule is CCl.CP(C)C.C[C@@H]1O[C@H](CO)[C@H](C)C1O[Si](C)(C)C(C)(C)C.C[C@@H]1O[C@H](CO)[C@H](N)C1O[Si](C)(C)C(C)(C)C.O.[C-]#[N+]CCOC(=C)OC[C@H]1O[C@@H](C)C(O[Si](C)(C)C(C)(C)C)[C@H]1C.[C-]#[N+]CCOP(OC[C@H]1O[C@@H](C)C(O[Si](C)(C)C(C)(C)C)[C@H]1C)N(C(C)C)C(C)C.